The summed E-state index contributed by atoms with van der Waals surface area (Å²) in [5.74, 6) is 1.04. The lowest BCUT2D eigenvalue weighted by Gasteiger charge is -2.28. The van der Waals surface area contributed by atoms with E-state index in [0.29, 0.717) is 0 Å². The number of benzene rings is 1. The van der Waals surface area contributed by atoms with Gasteiger partial charge < -0.3 is 13.9 Å². The smallest absolute Gasteiger partial charge is 0.181 e. The van der Waals surface area contributed by atoms with Crippen molar-refractivity contribution >= 4 is 0 Å². The fourth-order valence-corrected chi connectivity index (χ4v) is 4.36. The van der Waals surface area contributed by atoms with Gasteiger partial charge in [0.2, 0.25) is 0 Å². The highest BCUT2D eigenvalue weighted by atomic mass is 16.5. The van der Waals surface area contributed by atoms with Crippen LogP contribution in [0.15, 0.2) is 35.3 Å². The maximum Gasteiger partial charge on any atom is 0.181 e. The van der Waals surface area contributed by atoms with Gasteiger partial charge in [0.05, 0.1) is 6.61 Å². The first-order valence-electron chi connectivity index (χ1n) is 10.2. The van der Waals surface area contributed by atoms with Gasteiger partial charge in [-0.05, 0) is 23.6 Å². The quantitative estimate of drug-likeness (QED) is 0.574. The van der Waals surface area contributed by atoms with Crippen LogP contribution >= 0.6 is 0 Å². The van der Waals surface area contributed by atoms with E-state index in [1.807, 2.05) is 0 Å². The first-order chi connectivity index (χ1) is 14.3. The summed E-state index contributed by atoms with van der Waals surface area (Å²) in [5.41, 5.74) is 7.01. The Kier molecular flexibility index (Phi) is 5.08. The Morgan fingerprint density at radius 3 is 3.07 bits per heavy atom. The molecule has 0 saturated heterocycles. The summed E-state index contributed by atoms with van der Waals surface area (Å²) in [6.07, 6.45) is 6.10. The van der Waals surface area contributed by atoms with Crippen molar-refractivity contribution in [2.24, 2.45) is 0 Å². The van der Waals surface area contributed by atoms with Crippen molar-refractivity contribution in [3.8, 4) is 17.1 Å². The summed E-state index contributed by atoms with van der Waals surface area (Å²) < 4.78 is 18.2. The molecule has 0 bridgehead atoms. The minimum atomic E-state index is 0.738. The van der Waals surface area contributed by atoms with Gasteiger partial charge in [-0.25, -0.2) is 4.98 Å². The minimum Gasteiger partial charge on any atom is -0.493 e. The molecule has 3 aromatic rings. The van der Waals surface area contributed by atoms with Crippen molar-refractivity contribution in [1.29, 1.82) is 0 Å². The maximum absolute atomic E-state index is 5.64. The molecule has 1 aromatic carbocycles. The number of nitrogens with zero attached hydrogens (tertiary/aromatic N) is 4. The van der Waals surface area contributed by atoms with Crippen molar-refractivity contribution < 1.29 is 13.9 Å². The van der Waals surface area contributed by atoms with Crippen LogP contribution in [-0.2, 0) is 37.2 Å². The topological polar surface area (TPSA) is 65.5 Å². The van der Waals surface area contributed by atoms with Crippen LogP contribution in [0.25, 0.3) is 11.4 Å². The second-order valence-electron chi connectivity index (χ2n) is 7.72. The second kappa shape index (κ2) is 8.00. The first kappa shape index (κ1) is 18.4. The number of hydrogen-bond acceptors (Lipinski definition) is 6. The number of oxazole rings is 1. The van der Waals surface area contributed by atoms with E-state index in [0.717, 1.165) is 75.8 Å². The third-order valence-corrected chi connectivity index (χ3v) is 5.77. The Bertz CT molecular complexity index is 980. The van der Waals surface area contributed by atoms with Crippen LogP contribution in [-0.4, -0.2) is 46.5 Å². The molecule has 7 heteroatoms. The Balaban J connectivity index is 1.38. The van der Waals surface area contributed by atoms with Gasteiger partial charge in [0.1, 0.15) is 23.4 Å². The van der Waals surface area contributed by atoms with E-state index in [-0.39, 0.29) is 0 Å². The molecule has 4 heterocycles. The van der Waals surface area contributed by atoms with Gasteiger partial charge in [-0.3, -0.25) is 9.58 Å². The molecule has 0 aliphatic carbocycles. The van der Waals surface area contributed by atoms with Crippen LogP contribution in [0.2, 0.25) is 0 Å². The Morgan fingerprint density at radius 2 is 2.21 bits per heavy atom. The normalized spacial score (nSPS) is 15.9. The summed E-state index contributed by atoms with van der Waals surface area (Å²) in [6.45, 7) is 5.22. The molecule has 2 aliphatic heterocycles. The van der Waals surface area contributed by atoms with E-state index in [1.165, 1.54) is 28.8 Å². The average Bonchev–Trinajstić information content (AvgIpc) is 3.48. The van der Waals surface area contributed by atoms with Crippen LogP contribution in [0.3, 0.4) is 0 Å². The molecule has 0 radical (unpaired) electrons. The number of methoxy groups -OCH3 is 1. The second-order valence-corrected chi connectivity index (χ2v) is 7.72. The highest BCUT2D eigenvalue weighted by Crippen LogP contribution is 2.31. The molecule has 0 saturated carbocycles. The molecule has 2 aromatic heterocycles. The molecule has 0 fully saturated rings. The summed E-state index contributed by atoms with van der Waals surface area (Å²) in [4.78, 5) is 6.84. The third kappa shape index (κ3) is 3.68. The average molecular weight is 394 g/mol. The Morgan fingerprint density at radius 1 is 1.24 bits per heavy atom. The van der Waals surface area contributed by atoms with Crippen molar-refractivity contribution in [3.63, 3.8) is 0 Å². The van der Waals surface area contributed by atoms with Crippen molar-refractivity contribution in [1.82, 2.24) is 19.7 Å². The number of aryl methyl sites for hydroxylation is 1. The van der Waals surface area contributed by atoms with Crippen molar-refractivity contribution in [3.05, 3.63) is 53.2 Å². The zero-order chi connectivity index (χ0) is 19.6. The molecule has 7 nitrogen and oxygen atoms in total. The van der Waals surface area contributed by atoms with E-state index < -0.39 is 0 Å². The van der Waals surface area contributed by atoms with Crippen LogP contribution in [0.1, 0.15) is 28.8 Å². The standard InChI is InChI=1S/C22H26N4O3/c1-27-9-2-7-26-20-5-8-25(12-16-3-4-21-17(11-16)6-10-29-21)13-18(20)22(24-26)19-14-28-15-23-19/h3-4,11,14-15H,2,5-10,12-13H2,1H3. The van der Waals surface area contributed by atoms with Gasteiger partial charge in [0.15, 0.2) is 6.39 Å². The number of aromatic nitrogens is 3. The van der Waals surface area contributed by atoms with Crippen LogP contribution in [0, 0.1) is 0 Å². The molecule has 2 aliphatic rings. The fraction of sp³-hybridized carbons (Fsp3) is 0.455. The first-order valence-corrected chi connectivity index (χ1v) is 10.2. The number of fused-ring (bicyclic) bond motifs is 2. The van der Waals surface area contributed by atoms with Gasteiger partial charge >= 0.3 is 0 Å². The van der Waals surface area contributed by atoms with Gasteiger partial charge in [0.25, 0.3) is 0 Å². The highest BCUT2D eigenvalue weighted by molar-refractivity contribution is 5.59. The van der Waals surface area contributed by atoms with E-state index >= 15 is 0 Å². The molecule has 0 amide bonds. The molecule has 5 rings (SSSR count). The van der Waals surface area contributed by atoms with Crippen LogP contribution in [0.4, 0.5) is 0 Å². The largest absolute Gasteiger partial charge is 0.493 e. The predicted molar refractivity (Wildman–Crippen MR) is 108 cm³/mol. The van der Waals surface area contributed by atoms with Crippen LogP contribution < -0.4 is 4.74 Å². The molecule has 29 heavy (non-hydrogen) atoms. The SMILES string of the molecule is COCCCn1nc(-c2cocn2)c2c1CCN(Cc1ccc3c(c1)CCO3)C2. The fourth-order valence-electron chi connectivity index (χ4n) is 4.36. The number of hydrogen-bond donors (Lipinski definition) is 0. The molecular weight excluding hydrogens is 368 g/mol. The van der Waals surface area contributed by atoms with Crippen molar-refractivity contribution in [2.45, 2.75) is 38.9 Å². The monoisotopic (exact) mass is 394 g/mol. The van der Waals surface area contributed by atoms with E-state index in [1.54, 1.807) is 13.4 Å². The van der Waals surface area contributed by atoms with E-state index in [9.17, 15) is 0 Å². The third-order valence-electron chi connectivity index (χ3n) is 5.77. The minimum absolute atomic E-state index is 0.738. The Hall–Kier alpha value is -2.64. The molecular formula is C22H26N4O3. The predicted octanol–water partition coefficient (Wildman–Crippen LogP) is 3.07. The summed E-state index contributed by atoms with van der Waals surface area (Å²) >= 11 is 0. The summed E-state index contributed by atoms with van der Waals surface area (Å²) in [7, 11) is 1.74. The molecule has 0 unspecified atom stereocenters. The Labute approximate surface area is 170 Å². The lowest BCUT2D eigenvalue weighted by atomic mass is 10.0. The maximum atomic E-state index is 5.64. The lowest BCUT2D eigenvalue weighted by Crippen LogP contribution is -2.31. The number of ether oxygens (including phenoxy) is 2. The van der Waals surface area contributed by atoms with Gasteiger partial charge in [-0.1, -0.05) is 12.1 Å². The molecule has 0 atom stereocenters. The zero-order valence-corrected chi connectivity index (χ0v) is 16.8. The van der Waals surface area contributed by atoms with E-state index in [4.69, 9.17) is 19.0 Å². The van der Waals surface area contributed by atoms with Crippen molar-refractivity contribution in [2.75, 3.05) is 26.9 Å². The molecule has 152 valence electrons. The molecule has 0 spiro atoms. The zero-order valence-electron chi connectivity index (χ0n) is 16.8. The van der Waals surface area contributed by atoms with Gasteiger partial charge in [-0.2, -0.15) is 5.10 Å². The van der Waals surface area contributed by atoms with E-state index in [2.05, 4.69) is 32.8 Å². The summed E-state index contributed by atoms with van der Waals surface area (Å²) in [6, 6.07) is 6.60. The van der Waals surface area contributed by atoms with Crippen LogP contribution in [0.5, 0.6) is 5.75 Å². The van der Waals surface area contributed by atoms with Gasteiger partial charge in [-0.15, -0.1) is 0 Å². The molecule has 0 N–H and O–H groups in total. The highest BCUT2D eigenvalue weighted by Gasteiger charge is 2.27. The van der Waals surface area contributed by atoms with Gasteiger partial charge in [0, 0.05) is 64.0 Å². The lowest BCUT2D eigenvalue weighted by molar-refractivity contribution is 0.188. The number of rotatable bonds is 7. The summed E-state index contributed by atoms with van der Waals surface area (Å²) in [5, 5.41) is 4.89.